The van der Waals surface area contributed by atoms with E-state index in [0.29, 0.717) is 39.0 Å². The van der Waals surface area contributed by atoms with Crippen LogP contribution < -0.4 is 10.6 Å². The molecular formula is C14H23N3O5. The van der Waals surface area contributed by atoms with E-state index in [1.54, 1.807) is 6.07 Å². The summed E-state index contributed by atoms with van der Waals surface area (Å²) in [6, 6.07) is 1.80. The minimum Gasteiger partial charge on any atom is -0.481 e. The highest BCUT2D eigenvalue weighted by Gasteiger charge is 2.07. The monoisotopic (exact) mass is 313 g/mol. The van der Waals surface area contributed by atoms with Gasteiger partial charge in [-0.1, -0.05) is 6.42 Å². The van der Waals surface area contributed by atoms with Gasteiger partial charge in [0.2, 0.25) is 0 Å². The average Bonchev–Trinajstić information content (AvgIpc) is 2.49. The number of aliphatic hydroxyl groups is 1. The Morgan fingerprint density at radius 1 is 1.18 bits per heavy atom. The number of carbonyl (C=O) groups excluding carboxylic acids is 1. The van der Waals surface area contributed by atoms with Gasteiger partial charge in [-0.15, -0.1) is 0 Å². The van der Waals surface area contributed by atoms with Crippen molar-refractivity contribution < 1.29 is 24.5 Å². The number of unbranched alkanes of at least 4 members (excludes halogenated alkanes) is 2. The molecule has 8 heteroatoms. The second-order valence-corrected chi connectivity index (χ2v) is 4.42. The van der Waals surface area contributed by atoms with Crippen molar-refractivity contribution in [3.05, 3.63) is 11.8 Å². The number of aliphatic hydroxyl groups excluding tert-OH is 1. The van der Waals surface area contributed by atoms with Gasteiger partial charge in [0, 0.05) is 25.7 Å². The van der Waals surface area contributed by atoms with Crippen LogP contribution in [-0.2, 0) is 14.3 Å². The molecule has 0 spiro atoms. The van der Waals surface area contributed by atoms with Gasteiger partial charge in [0.15, 0.2) is 0 Å². The van der Waals surface area contributed by atoms with E-state index in [0.717, 1.165) is 0 Å². The Morgan fingerprint density at radius 2 is 1.95 bits per heavy atom. The maximum Gasteiger partial charge on any atom is 0.303 e. The zero-order valence-corrected chi connectivity index (χ0v) is 12.5. The summed E-state index contributed by atoms with van der Waals surface area (Å²) in [7, 11) is 0. The lowest BCUT2D eigenvalue weighted by Gasteiger charge is -2.05. The standard InChI is InChI=1S/C14H23N3O5/c15-10-12(11-16-6-8-22-9-7-18)14(21)17-5-3-1-2-4-13(19)20/h11,16,18H,1-9H2,(H,17,21)(H,19,20)/b12-11-. The molecule has 0 bridgehead atoms. The molecule has 0 aliphatic rings. The summed E-state index contributed by atoms with van der Waals surface area (Å²) in [6.07, 6.45) is 3.39. The number of ether oxygens (including phenoxy) is 1. The molecule has 0 atom stereocenters. The molecule has 8 nitrogen and oxygen atoms in total. The molecule has 0 aromatic carbocycles. The Bertz CT molecular complexity index is 404. The summed E-state index contributed by atoms with van der Waals surface area (Å²) in [6.45, 7) is 1.39. The molecule has 0 aromatic rings. The predicted molar refractivity (Wildman–Crippen MR) is 78.7 cm³/mol. The van der Waals surface area contributed by atoms with Gasteiger partial charge in [0.25, 0.3) is 5.91 Å². The third-order valence-electron chi connectivity index (χ3n) is 2.59. The highest BCUT2D eigenvalue weighted by Crippen LogP contribution is 1.99. The van der Waals surface area contributed by atoms with E-state index in [1.807, 2.05) is 0 Å². The van der Waals surface area contributed by atoms with Crippen LogP contribution in [0.25, 0.3) is 0 Å². The van der Waals surface area contributed by atoms with Crippen LogP contribution in [-0.4, -0.2) is 55.0 Å². The summed E-state index contributed by atoms with van der Waals surface area (Å²) in [5.41, 5.74) is -0.0345. The molecule has 0 rings (SSSR count). The molecule has 22 heavy (non-hydrogen) atoms. The lowest BCUT2D eigenvalue weighted by molar-refractivity contribution is -0.137. The second kappa shape index (κ2) is 13.9. The number of aliphatic carboxylic acids is 1. The Balaban J connectivity index is 3.80. The molecule has 124 valence electrons. The summed E-state index contributed by atoms with van der Waals surface area (Å²) in [5, 5.41) is 31.2. The zero-order chi connectivity index (χ0) is 16.6. The Kier molecular flexibility index (Phi) is 12.5. The first-order valence-electron chi connectivity index (χ1n) is 7.14. The van der Waals surface area contributed by atoms with Crippen molar-refractivity contribution in [2.24, 2.45) is 0 Å². The van der Waals surface area contributed by atoms with Crippen molar-refractivity contribution in [1.82, 2.24) is 10.6 Å². The first-order valence-corrected chi connectivity index (χ1v) is 7.14. The summed E-state index contributed by atoms with van der Waals surface area (Å²) in [4.78, 5) is 22.0. The predicted octanol–water partition coefficient (Wildman–Crippen LogP) is -0.246. The topological polar surface area (TPSA) is 132 Å². The normalized spacial score (nSPS) is 10.8. The SMILES string of the molecule is N#C/C(=C/NCCOCCO)C(=O)NCCCCCC(=O)O. The Morgan fingerprint density at radius 3 is 2.59 bits per heavy atom. The average molecular weight is 313 g/mol. The van der Waals surface area contributed by atoms with Gasteiger partial charge in [-0.3, -0.25) is 9.59 Å². The minimum absolute atomic E-state index is 0.0345. The number of hydrogen-bond donors (Lipinski definition) is 4. The maximum absolute atomic E-state index is 11.7. The number of hydrogen-bond acceptors (Lipinski definition) is 6. The van der Waals surface area contributed by atoms with Crippen LogP contribution >= 0.6 is 0 Å². The van der Waals surface area contributed by atoms with E-state index in [2.05, 4.69) is 10.6 Å². The lowest BCUT2D eigenvalue weighted by Crippen LogP contribution is -2.27. The number of rotatable bonds is 13. The molecule has 0 radical (unpaired) electrons. The van der Waals surface area contributed by atoms with Gasteiger partial charge >= 0.3 is 5.97 Å². The van der Waals surface area contributed by atoms with Crippen molar-refractivity contribution in [3.8, 4) is 6.07 Å². The number of nitriles is 1. The fourth-order valence-corrected chi connectivity index (χ4v) is 1.50. The molecule has 0 aliphatic carbocycles. The van der Waals surface area contributed by atoms with Crippen molar-refractivity contribution in [2.75, 3.05) is 32.9 Å². The summed E-state index contributed by atoms with van der Waals surface area (Å²) >= 11 is 0. The van der Waals surface area contributed by atoms with E-state index >= 15 is 0 Å². The minimum atomic E-state index is -0.826. The third-order valence-corrected chi connectivity index (χ3v) is 2.59. The number of nitrogens with one attached hydrogen (secondary N) is 2. The van der Waals surface area contributed by atoms with E-state index < -0.39 is 11.9 Å². The van der Waals surface area contributed by atoms with Gasteiger partial charge in [-0.25, -0.2) is 0 Å². The van der Waals surface area contributed by atoms with E-state index in [1.165, 1.54) is 6.20 Å². The fraction of sp³-hybridized carbons (Fsp3) is 0.643. The molecule has 0 fully saturated rings. The van der Waals surface area contributed by atoms with Crippen LogP contribution in [0.2, 0.25) is 0 Å². The number of carboxylic acids is 1. The van der Waals surface area contributed by atoms with Crippen molar-refractivity contribution in [3.63, 3.8) is 0 Å². The highest BCUT2D eigenvalue weighted by molar-refractivity contribution is 5.97. The second-order valence-electron chi connectivity index (χ2n) is 4.42. The Hall–Kier alpha value is -2.11. The van der Waals surface area contributed by atoms with Crippen LogP contribution in [0.1, 0.15) is 25.7 Å². The maximum atomic E-state index is 11.7. The molecular weight excluding hydrogens is 290 g/mol. The number of carbonyl (C=O) groups is 2. The Labute approximate surface area is 129 Å². The number of nitrogens with zero attached hydrogens (tertiary/aromatic N) is 1. The van der Waals surface area contributed by atoms with Gasteiger partial charge in [0.1, 0.15) is 11.6 Å². The van der Waals surface area contributed by atoms with Crippen LogP contribution in [0, 0.1) is 11.3 Å². The molecule has 0 aliphatic heterocycles. The van der Waals surface area contributed by atoms with Crippen molar-refractivity contribution >= 4 is 11.9 Å². The fourth-order valence-electron chi connectivity index (χ4n) is 1.50. The molecule has 0 heterocycles. The summed E-state index contributed by atoms with van der Waals surface area (Å²) < 4.78 is 5.01. The smallest absolute Gasteiger partial charge is 0.303 e. The number of amides is 1. The summed E-state index contributed by atoms with van der Waals surface area (Å²) in [5.74, 6) is -1.29. The zero-order valence-electron chi connectivity index (χ0n) is 12.5. The molecule has 0 aromatic heterocycles. The first-order chi connectivity index (χ1) is 10.6. The highest BCUT2D eigenvalue weighted by atomic mass is 16.5. The van der Waals surface area contributed by atoms with Crippen LogP contribution in [0.3, 0.4) is 0 Å². The quantitative estimate of drug-likeness (QED) is 0.209. The molecule has 1 amide bonds. The molecule has 0 saturated carbocycles. The van der Waals surface area contributed by atoms with E-state index in [-0.39, 0.29) is 25.2 Å². The van der Waals surface area contributed by atoms with Gasteiger partial charge in [-0.2, -0.15) is 5.26 Å². The van der Waals surface area contributed by atoms with Crippen LogP contribution in [0.5, 0.6) is 0 Å². The third kappa shape index (κ3) is 11.7. The van der Waals surface area contributed by atoms with Crippen LogP contribution in [0.4, 0.5) is 0 Å². The molecule has 0 unspecified atom stereocenters. The lowest BCUT2D eigenvalue weighted by atomic mass is 10.2. The van der Waals surface area contributed by atoms with E-state index in [9.17, 15) is 9.59 Å². The van der Waals surface area contributed by atoms with Gasteiger partial charge in [0.05, 0.1) is 19.8 Å². The van der Waals surface area contributed by atoms with Crippen molar-refractivity contribution in [2.45, 2.75) is 25.7 Å². The molecule has 4 N–H and O–H groups in total. The first kappa shape index (κ1) is 19.9. The largest absolute Gasteiger partial charge is 0.481 e. The molecule has 0 saturated heterocycles. The van der Waals surface area contributed by atoms with Gasteiger partial charge < -0.3 is 25.6 Å². The van der Waals surface area contributed by atoms with Crippen molar-refractivity contribution in [1.29, 1.82) is 5.26 Å². The van der Waals surface area contributed by atoms with Gasteiger partial charge in [-0.05, 0) is 12.8 Å². The van der Waals surface area contributed by atoms with Crippen LogP contribution in [0.15, 0.2) is 11.8 Å². The number of carboxylic acid groups (broad SMARTS) is 1. The van der Waals surface area contributed by atoms with E-state index in [4.69, 9.17) is 20.2 Å².